The Kier molecular flexibility index (Phi) is 4.97. The summed E-state index contributed by atoms with van der Waals surface area (Å²) < 4.78 is 12.0. The Hall–Kier alpha value is -0.160. The van der Waals surface area contributed by atoms with Gasteiger partial charge in [-0.25, -0.2) is 0 Å². The summed E-state index contributed by atoms with van der Waals surface area (Å²) in [5, 5.41) is 0. The normalized spacial score (nSPS) is 35.2. The van der Waals surface area contributed by atoms with Gasteiger partial charge in [-0.1, -0.05) is 12.8 Å². The standard InChI is InChI=1S/C16H30N2O2/c17-18-15(11-14-5-1-4-9-19-14)13-6-10-20-16(12-13)7-2-3-8-16/h13-15,18H,1-12,17H2. The fourth-order valence-electron chi connectivity index (χ4n) is 4.45. The zero-order valence-electron chi connectivity index (χ0n) is 12.6. The maximum Gasteiger partial charge on any atom is 0.0685 e. The van der Waals surface area contributed by atoms with E-state index in [0.29, 0.717) is 18.1 Å². The summed E-state index contributed by atoms with van der Waals surface area (Å²) in [4.78, 5) is 0. The Morgan fingerprint density at radius 3 is 2.65 bits per heavy atom. The highest BCUT2D eigenvalue weighted by atomic mass is 16.5. The van der Waals surface area contributed by atoms with Gasteiger partial charge in [-0.3, -0.25) is 11.3 Å². The van der Waals surface area contributed by atoms with Gasteiger partial charge in [-0.2, -0.15) is 0 Å². The molecule has 20 heavy (non-hydrogen) atoms. The summed E-state index contributed by atoms with van der Waals surface area (Å²) in [6.45, 7) is 1.84. The van der Waals surface area contributed by atoms with Crippen LogP contribution in [0.15, 0.2) is 0 Å². The molecule has 0 aromatic rings. The Morgan fingerprint density at radius 1 is 1.10 bits per heavy atom. The molecule has 3 rings (SSSR count). The van der Waals surface area contributed by atoms with E-state index >= 15 is 0 Å². The molecule has 0 aromatic heterocycles. The van der Waals surface area contributed by atoms with E-state index in [1.807, 2.05) is 0 Å². The highest BCUT2D eigenvalue weighted by Gasteiger charge is 2.42. The number of ether oxygens (including phenoxy) is 2. The van der Waals surface area contributed by atoms with Crippen LogP contribution in [-0.4, -0.2) is 31.0 Å². The van der Waals surface area contributed by atoms with Crippen molar-refractivity contribution >= 4 is 0 Å². The van der Waals surface area contributed by atoms with Crippen LogP contribution >= 0.6 is 0 Å². The zero-order valence-corrected chi connectivity index (χ0v) is 12.6. The second kappa shape index (κ2) is 6.73. The molecule has 1 aliphatic carbocycles. The van der Waals surface area contributed by atoms with Crippen LogP contribution < -0.4 is 11.3 Å². The molecule has 0 bridgehead atoms. The highest BCUT2D eigenvalue weighted by molar-refractivity contribution is 4.94. The molecular formula is C16H30N2O2. The Labute approximate surface area is 122 Å². The first-order chi connectivity index (χ1) is 9.81. The molecule has 4 nitrogen and oxygen atoms in total. The average Bonchev–Trinajstić information content (AvgIpc) is 2.93. The van der Waals surface area contributed by atoms with Crippen LogP contribution in [0.4, 0.5) is 0 Å². The summed E-state index contributed by atoms with van der Waals surface area (Å²) in [5.74, 6) is 6.51. The van der Waals surface area contributed by atoms with E-state index in [1.165, 1.54) is 51.4 Å². The average molecular weight is 282 g/mol. The molecule has 2 heterocycles. The summed E-state index contributed by atoms with van der Waals surface area (Å²) in [7, 11) is 0. The molecule has 2 aliphatic heterocycles. The maximum absolute atomic E-state index is 6.14. The lowest BCUT2D eigenvalue weighted by atomic mass is 9.79. The summed E-state index contributed by atoms with van der Waals surface area (Å²) in [6, 6.07) is 0.388. The molecular weight excluding hydrogens is 252 g/mol. The molecule has 2 saturated heterocycles. The molecule has 0 aromatic carbocycles. The van der Waals surface area contributed by atoms with E-state index < -0.39 is 0 Å². The van der Waals surface area contributed by atoms with Gasteiger partial charge in [0, 0.05) is 19.3 Å². The molecule has 0 radical (unpaired) electrons. The Morgan fingerprint density at radius 2 is 1.95 bits per heavy atom. The zero-order chi connectivity index (χ0) is 13.8. The van der Waals surface area contributed by atoms with Crippen molar-refractivity contribution in [1.29, 1.82) is 0 Å². The molecule has 3 aliphatic rings. The van der Waals surface area contributed by atoms with E-state index in [1.54, 1.807) is 0 Å². The predicted octanol–water partition coefficient (Wildman–Crippen LogP) is 2.52. The van der Waals surface area contributed by atoms with Gasteiger partial charge in [0.05, 0.1) is 11.7 Å². The van der Waals surface area contributed by atoms with Crippen LogP contribution in [0.3, 0.4) is 0 Å². The summed E-state index contributed by atoms with van der Waals surface area (Å²) in [5.41, 5.74) is 3.28. The van der Waals surface area contributed by atoms with Crippen molar-refractivity contribution in [2.75, 3.05) is 13.2 Å². The second-order valence-electron chi connectivity index (χ2n) is 6.99. The minimum absolute atomic E-state index is 0.186. The first kappa shape index (κ1) is 14.8. The van der Waals surface area contributed by atoms with Gasteiger partial charge in [0.2, 0.25) is 0 Å². The maximum atomic E-state index is 6.14. The van der Waals surface area contributed by atoms with Gasteiger partial charge in [0.15, 0.2) is 0 Å². The van der Waals surface area contributed by atoms with Crippen LogP contribution in [0.2, 0.25) is 0 Å². The Bertz CT molecular complexity index is 299. The van der Waals surface area contributed by atoms with Crippen LogP contribution in [0.25, 0.3) is 0 Å². The first-order valence-electron chi connectivity index (χ1n) is 8.53. The predicted molar refractivity (Wildman–Crippen MR) is 79.2 cm³/mol. The molecule has 116 valence electrons. The molecule has 3 fully saturated rings. The van der Waals surface area contributed by atoms with E-state index in [2.05, 4.69) is 5.43 Å². The van der Waals surface area contributed by atoms with Gasteiger partial charge >= 0.3 is 0 Å². The number of hydrogen-bond acceptors (Lipinski definition) is 4. The third kappa shape index (κ3) is 3.35. The van der Waals surface area contributed by atoms with Crippen LogP contribution in [0.1, 0.15) is 64.2 Å². The van der Waals surface area contributed by atoms with Crippen LogP contribution in [0.5, 0.6) is 0 Å². The van der Waals surface area contributed by atoms with Crippen molar-refractivity contribution in [3.63, 3.8) is 0 Å². The molecule has 3 unspecified atom stereocenters. The summed E-state index contributed by atoms with van der Waals surface area (Å²) in [6.07, 6.45) is 12.7. The minimum atomic E-state index is 0.186. The fraction of sp³-hybridized carbons (Fsp3) is 1.00. The SMILES string of the molecule is NNC(CC1CCCCO1)C1CCOC2(CCCC2)C1. The molecule has 4 heteroatoms. The van der Waals surface area contributed by atoms with E-state index in [9.17, 15) is 0 Å². The number of nitrogens with two attached hydrogens (primary N) is 1. The molecule has 1 spiro atoms. The molecule has 1 saturated carbocycles. The van der Waals surface area contributed by atoms with Crippen molar-refractivity contribution in [2.24, 2.45) is 11.8 Å². The molecule has 3 N–H and O–H groups in total. The number of rotatable bonds is 4. The first-order valence-corrected chi connectivity index (χ1v) is 8.53. The van der Waals surface area contributed by atoms with E-state index in [4.69, 9.17) is 15.3 Å². The lowest BCUT2D eigenvalue weighted by molar-refractivity contribution is -0.102. The van der Waals surface area contributed by atoms with Crippen molar-refractivity contribution in [1.82, 2.24) is 5.43 Å². The van der Waals surface area contributed by atoms with Crippen molar-refractivity contribution in [3.8, 4) is 0 Å². The van der Waals surface area contributed by atoms with Gasteiger partial charge < -0.3 is 9.47 Å². The largest absolute Gasteiger partial charge is 0.378 e. The monoisotopic (exact) mass is 282 g/mol. The summed E-state index contributed by atoms with van der Waals surface area (Å²) >= 11 is 0. The van der Waals surface area contributed by atoms with Gasteiger partial charge in [0.25, 0.3) is 0 Å². The molecule has 3 atom stereocenters. The van der Waals surface area contributed by atoms with Crippen molar-refractivity contribution < 1.29 is 9.47 Å². The number of hydrogen-bond donors (Lipinski definition) is 2. The number of hydrazine groups is 1. The van der Waals surface area contributed by atoms with Gasteiger partial charge in [-0.05, 0) is 57.3 Å². The third-order valence-corrected chi connectivity index (χ3v) is 5.62. The lowest BCUT2D eigenvalue weighted by Crippen LogP contribution is -2.49. The highest BCUT2D eigenvalue weighted by Crippen LogP contribution is 2.43. The Balaban J connectivity index is 1.57. The van der Waals surface area contributed by atoms with E-state index in [0.717, 1.165) is 26.1 Å². The third-order valence-electron chi connectivity index (χ3n) is 5.62. The van der Waals surface area contributed by atoms with Crippen LogP contribution in [0, 0.1) is 5.92 Å². The quantitative estimate of drug-likeness (QED) is 0.614. The van der Waals surface area contributed by atoms with Crippen molar-refractivity contribution in [2.45, 2.75) is 82.0 Å². The number of nitrogens with one attached hydrogen (secondary N) is 1. The topological polar surface area (TPSA) is 56.5 Å². The minimum Gasteiger partial charge on any atom is -0.378 e. The fourth-order valence-corrected chi connectivity index (χ4v) is 4.45. The van der Waals surface area contributed by atoms with Crippen LogP contribution in [-0.2, 0) is 9.47 Å². The smallest absolute Gasteiger partial charge is 0.0685 e. The lowest BCUT2D eigenvalue weighted by Gasteiger charge is -2.42. The second-order valence-corrected chi connectivity index (χ2v) is 6.99. The van der Waals surface area contributed by atoms with Gasteiger partial charge in [0.1, 0.15) is 0 Å². The van der Waals surface area contributed by atoms with E-state index in [-0.39, 0.29) is 5.60 Å². The molecule has 0 amide bonds. The van der Waals surface area contributed by atoms with Gasteiger partial charge in [-0.15, -0.1) is 0 Å². The van der Waals surface area contributed by atoms with Crippen molar-refractivity contribution in [3.05, 3.63) is 0 Å².